The summed E-state index contributed by atoms with van der Waals surface area (Å²) in [6.45, 7) is 6.38. The molecule has 3 aromatic rings. The monoisotopic (exact) mass is 483 g/mol. The van der Waals surface area contributed by atoms with E-state index in [1.807, 2.05) is 19.1 Å². The fourth-order valence-corrected chi connectivity index (χ4v) is 5.15. The van der Waals surface area contributed by atoms with Gasteiger partial charge in [-0.3, -0.25) is 4.90 Å². The van der Waals surface area contributed by atoms with Crippen LogP contribution in [0.25, 0.3) is 4.96 Å². The van der Waals surface area contributed by atoms with Crippen molar-refractivity contribution in [2.75, 3.05) is 32.8 Å². The molecule has 1 amide bonds. The Balaban J connectivity index is 1.69. The zero-order chi connectivity index (χ0) is 22.1. The molecule has 0 spiro atoms. The molecule has 0 bridgehead atoms. The Hall–Kier alpha value is -2.07. The lowest BCUT2D eigenvalue weighted by molar-refractivity contribution is 0.0715. The minimum absolute atomic E-state index is 0.0658. The predicted molar refractivity (Wildman–Crippen MR) is 120 cm³/mol. The minimum Gasteiger partial charge on any atom is -0.492 e. The van der Waals surface area contributed by atoms with Gasteiger partial charge >= 0.3 is 6.09 Å². The molecule has 8 nitrogen and oxygen atoms in total. The number of aryl methyl sites for hydroxylation is 1. The second kappa shape index (κ2) is 9.20. The van der Waals surface area contributed by atoms with Gasteiger partial charge in [0.25, 0.3) is 0 Å². The third kappa shape index (κ3) is 4.32. The molecule has 0 radical (unpaired) electrons. The van der Waals surface area contributed by atoms with Crippen LogP contribution in [-0.2, 0) is 11.2 Å². The fraction of sp³-hybridized carbons (Fsp3) is 0.450. The summed E-state index contributed by atoms with van der Waals surface area (Å²) in [5.74, 6) is 0.748. The second-order valence-corrected chi connectivity index (χ2v) is 8.99. The maximum Gasteiger partial charge on any atom is 0.409 e. The molecule has 1 saturated heterocycles. The zero-order valence-electron chi connectivity index (χ0n) is 17.2. The lowest BCUT2D eigenvalue weighted by Gasteiger charge is -2.38. The summed E-state index contributed by atoms with van der Waals surface area (Å²) >= 11 is 13.8. The van der Waals surface area contributed by atoms with Crippen LogP contribution in [0, 0.1) is 0 Å². The number of fused-ring (bicyclic) bond motifs is 1. The summed E-state index contributed by atoms with van der Waals surface area (Å²) in [4.78, 5) is 21.9. The topological polar surface area (TPSA) is 83.2 Å². The van der Waals surface area contributed by atoms with Gasteiger partial charge in [-0.15, -0.1) is 5.10 Å². The van der Waals surface area contributed by atoms with Gasteiger partial charge in [-0.1, -0.05) is 47.5 Å². The Morgan fingerprint density at radius 3 is 2.58 bits per heavy atom. The van der Waals surface area contributed by atoms with Crippen LogP contribution in [0.5, 0.6) is 5.88 Å². The maximum absolute atomic E-state index is 12.1. The number of rotatable bonds is 5. The molecule has 1 aromatic carbocycles. The molecule has 1 aliphatic rings. The maximum atomic E-state index is 12.1. The van der Waals surface area contributed by atoms with Crippen LogP contribution in [0.4, 0.5) is 4.79 Å². The van der Waals surface area contributed by atoms with Crippen molar-refractivity contribution >= 4 is 45.6 Å². The standard InChI is InChI=1S/C20H23Cl2N5O3S/c1-3-15-23-19-27(24-15)18(28)17(31-19)16(12-5-6-13(21)14(22)11-12)25-7-9-26(10-8-25)20(29)30-4-2/h5-6,11,16,28H,3-4,7-10H2,1-2H3. The molecule has 4 rings (SSSR count). The van der Waals surface area contributed by atoms with Crippen molar-refractivity contribution in [1.29, 1.82) is 0 Å². The molecule has 1 N–H and O–H groups in total. The number of halogens is 2. The van der Waals surface area contributed by atoms with Gasteiger partial charge in [0.15, 0.2) is 5.82 Å². The van der Waals surface area contributed by atoms with Gasteiger partial charge in [0, 0.05) is 32.6 Å². The molecule has 0 aliphatic carbocycles. The van der Waals surface area contributed by atoms with Crippen LogP contribution in [0.3, 0.4) is 0 Å². The van der Waals surface area contributed by atoms with E-state index in [0.717, 1.165) is 10.4 Å². The van der Waals surface area contributed by atoms with E-state index in [1.165, 1.54) is 15.9 Å². The average Bonchev–Trinajstić information content (AvgIpc) is 3.31. The lowest BCUT2D eigenvalue weighted by atomic mass is 10.0. The van der Waals surface area contributed by atoms with Crippen molar-refractivity contribution in [3.63, 3.8) is 0 Å². The Labute approximate surface area is 193 Å². The van der Waals surface area contributed by atoms with Gasteiger partial charge < -0.3 is 14.7 Å². The smallest absolute Gasteiger partial charge is 0.409 e. The number of carbonyl (C=O) groups excluding carboxylic acids is 1. The van der Waals surface area contributed by atoms with Crippen molar-refractivity contribution in [2.24, 2.45) is 0 Å². The fourth-order valence-electron chi connectivity index (χ4n) is 3.71. The first-order chi connectivity index (χ1) is 14.9. The number of aromatic hydroxyl groups is 1. The molecule has 0 saturated carbocycles. The van der Waals surface area contributed by atoms with Gasteiger partial charge in [-0.25, -0.2) is 9.78 Å². The third-order valence-electron chi connectivity index (χ3n) is 5.27. The Kier molecular flexibility index (Phi) is 6.57. The van der Waals surface area contributed by atoms with Gasteiger partial charge in [0.2, 0.25) is 10.8 Å². The quantitative estimate of drug-likeness (QED) is 0.584. The summed E-state index contributed by atoms with van der Waals surface area (Å²) < 4.78 is 6.61. The summed E-state index contributed by atoms with van der Waals surface area (Å²) in [5.41, 5.74) is 0.898. The van der Waals surface area contributed by atoms with E-state index in [4.69, 9.17) is 27.9 Å². The minimum atomic E-state index is -0.304. The van der Waals surface area contributed by atoms with Crippen LogP contribution in [-0.4, -0.2) is 68.4 Å². The first kappa shape index (κ1) is 22.1. The number of amides is 1. The number of aromatic nitrogens is 3. The molecular formula is C20H23Cl2N5O3S. The average molecular weight is 484 g/mol. The van der Waals surface area contributed by atoms with Crippen molar-refractivity contribution in [2.45, 2.75) is 26.3 Å². The van der Waals surface area contributed by atoms with E-state index in [-0.39, 0.29) is 18.0 Å². The van der Waals surface area contributed by atoms with Crippen LogP contribution in [0.2, 0.25) is 10.0 Å². The highest BCUT2D eigenvalue weighted by molar-refractivity contribution is 7.17. The summed E-state index contributed by atoms with van der Waals surface area (Å²) in [6, 6.07) is 5.20. The van der Waals surface area contributed by atoms with E-state index in [0.29, 0.717) is 60.0 Å². The van der Waals surface area contributed by atoms with Crippen LogP contribution >= 0.6 is 34.5 Å². The molecule has 1 atom stereocenters. The van der Waals surface area contributed by atoms with Crippen molar-refractivity contribution < 1.29 is 14.6 Å². The van der Waals surface area contributed by atoms with Crippen molar-refractivity contribution in [3.05, 3.63) is 44.5 Å². The molecule has 1 fully saturated rings. The van der Waals surface area contributed by atoms with E-state index in [2.05, 4.69) is 15.0 Å². The zero-order valence-corrected chi connectivity index (χ0v) is 19.5. The highest BCUT2D eigenvalue weighted by Crippen LogP contribution is 2.41. The summed E-state index contributed by atoms with van der Waals surface area (Å²) in [7, 11) is 0. The molecule has 3 heterocycles. The lowest BCUT2D eigenvalue weighted by Crippen LogP contribution is -2.49. The first-order valence-electron chi connectivity index (χ1n) is 10.1. The number of carbonyl (C=O) groups is 1. The van der Waals surface area contributed by atoms with Crippen molar-refractivity contribution in [3.8, 4) is 5.88 Å². The summed E-state index contributed by atoms with van der Waals surface area (Å²) in [6.07, 6.45) is 0.386. The largest absolute Gasteiger partial charge is 0.492 e. The van der Waals surface area contributed by atoms with E-state index < -0.39 is 0 Å². The van der Waals surface area contributed by atoms with Crippen LogP contribution in [0.15, 0.2) is 18.2 Å². The number of piperazine rings is 1. The second-order valence-electron chi connectivity index (χ2n) is 7.16. The molecular weight excluding hydrogens is 461 g/mol. The molecule has 2 aromatic heterocycles. The van der Waals surface area contributed by atoms with Gasteiger partial charge in [-0.05, 0) is 24.6 Å². The number of ether oxygens (including phenoxy) is 1. The molecule has 31 heavy (non-hydrogen) atoms. The first-order valence-corrected chi connectivity index (χ1v) is 11.7. The Morgan fingerprint density at radius 2 is 1.97 bits per heavy atom. The third-order valence-corrected chi connectivity index (χ3v) is 7.08. The molecule has 11 heteroatoms. The SMILES string of the molecule is CCOC(=O)N1CCN(C(c2ccc(Cl)c(Cl)c2)c2sc3nc(CC)nn3c2O)CC1. The number of nitrogens with zero attached hydrogens (tertiary/aromatic N) is 5. The molecule has 166 valence electrons. The highest BCUT2D eigenvalue weighted by Gasteiger charge is 2.33. The van der Waals surface area contributed by atoms with Crippen LogP contribution < -0.4 is 0 Å². The normalized spacial score (nSPS) is 16.1. The van der Waals surface area contributed by atoms with Gasteiger partial charge in [-0.2, -0.15) is 4.52 Å². The van der Waals surface area contributed by atoms with E-state index in [1.54, 1.807) is 17.9 Å². The summed E-state index contributed by atoms with van der Waals surface area (Å²) in [5, 5.41) is 16.3. The number of thiazole rings is 1. The van der Waals surface area contributed by atoms with E-state index in [9.17, 15) is 9.90 Å². The van der Waals surface area contributed by atoms with Crippen LogP contribution in [0.1, 0.15) is 36.2 Å². The Morgan fingerprint density at radius 1 is 1.23 bits per heavy atom. The molecule has 1 unspecified atom stereocenters. The highest BCUT2D eigenvalue weighted by atomic mass is 35.5. The predicted octanol–water partition coefficient (Wildman–Crippen LogP) is 4.23. The Bertz CT molecular complexity index is 1090. The van der Waals surface area contributed by atoms with Gasteiger partial charge in [0.05, 0.1) is 27.6 Å². The number of benzene rings is 1. The van der Waals surface area contributed by atoms with Crippen molar-refractivity contribution in [1.82, 2.24) is 24.4 Å². The van der Waals surface area contributed by atoms with Gasteiger partial charge in [0.1, 0.15) is 0 Å². The van der Waals surface area contributed by atoms with E-state index >= 15 is 0 Å². The molecule has 1 aliphatic heterocycles. The number of hydrogen-bond acceptors (Lipinski definition) is 7. The number of hydrogen-bond donors (Lipinski definition) is 1.